The first-order valence-corrected chi connectivity index (χ1v) is 7.62. The molecule has 108 valence electrons. The maximum absolute atomic E-state index is 11.6. The summed E-state index contributed by atoms with van der Waals surface area (Å²) >= 11 is 0. The van der Waals surface area contributed by atoms with E-state index in [1.165, 1.54) is 30.4 Å². The van der Waals surface area contributed by atoms with Crippen LogP contribution in [0.25, 0.3) is 0 Å². The Balaban J connectivity index is 2.50. The van der Waals surface area contributed by atoms with Gasteiger partial charge >= 0.3 is 0 Å². The van der Waals surface area contributed by atoms with Crippen molar-refractivity contribution in [3.05, 3.63) is 23.3 Å². The average Bonchev–Trinajstić information content (AvgIpc) is 2.39. The van der Waals surface area contributed by atoms with Crippen molar-refractivity contribution in [2.45, 2.75) is 59.8 Å². The number of carbonyl (C=O) groups excluding carboxylic acids is 1. The molecule has 1 aliphatic carbocycles. The van der Waals surface area contributed by atoms with Crippen molar-refractivity contribution < 1.29 is 4.79 Å². The van der Waals surface area contributed by atoms with Crippen LogP contribution in [0.1, 0.15) is 59.8 Å². The smallest absolute Gasteiger partial charge is 0.219 e. The normalized spacial score (nSPS) is 20.1. The molecule has 2 heteroatoms. The number of amides is 1. The zero-order valence-corrected chi connectivity index (χ0v) is 13.0. The predicted octanol–water partition coefficient (Wildman–Crippen LogP) is 4.33. The summed E-state index contributed by atoms with van der Waals surface area (Å²) in [5.41, 5.74) is 2.98. The van der Waals surface area contributed by atoms with Gasteiger partial charge in [0.15, 0.2) is 0 Å². The number of allylic oxidation sites excluding steroid dienone is 3. The highest BCUT2D eigenvalue weighted by atomic mass is 16.2. The lowest BCUT2D eigenvalue weighted by Crippen LogP contribution is -2.30. The van der Waals surface area contributed by atoms with E-state index in [4.69, 9.17) is 0 Å². The van der Waals surface area contributed by atoms with Crippen molar-refractivity contribution in [1.82, 2.24) is 4.90 Å². The quantitative estimate of drug-likeness (QED) is 0.653. The molecule has 0 heterocycles. The van der Waals surface area contributed by atoms with Gasteiger partial charge in [-0.25, -0.2) is 0 Å². The highest BCUT2D eigenvalue weighted by molar-refractivity contribution is 5.73. The van der Waals surface area contributed by atoms with Crippen molar-refractivity contribution in [2.75, 3.05) is 13.1 Å². The summed E-state index contributed by atoms with van der Waals surface area (Å²) in [6.45, 7) is 9.94. The lowest BCUT2D eigenvalue weighted by Gasteiger charge is -2.23. The highest BCUT2D eigenvalue weighted by Gasteiger charge is 2.14. The minimum Gasteiger partial charge on any atom is -0.339 e. The van der Waals surface area contributed by atoms with Gasteiger partial charge in [-0.2, -0.15) is 0 Å². The van der Waals surface area contributed by atoms with E-state index < -0.39 is 0 Å². The van der Waals surface area contributed by atoms with Crippen LogP contribution >= 0.6 is 0 Å². The van der Waals surface area contributed by atoms with Crippen LogP contribution in [0.2, 0.25) is 0 Å². The minimum absolute atomic E-state index is 0.192. The van der Waals surface area contributed by atoms with E-state index in [9.17, 15) is 4.79 Å². The van der Waals surface area contributed by atoms with Gasteiger partial charge in [-0.05, 0) is 45.4 Å². The van der Waals surface area contributed by atoms with Gasteiger partial charge in [0.05, 0.1) is 0 Å². The van der Waals surface area contributed by atoms with Crippen LogP contribution < -0.4 is 0 Å². The Hall–Kier alpha value is -1.05. The topological polar surface area (TPSA) is 20.3 Å². The first kappa shape index (κ1) is 16.0. The Morgan fingerprint density at radius 3 is 2.74 bits per heavy atom. The zero-order valence-electron chi connectivity index (χ0n) is 13.0. The fraction of sp³-hybridized carbons (Fsp3) is 0.706. The van der Waals surface area contributed by atoms with Crippen LogP contribution in [0, 0.1) is 5.92 Å². The third-order valence-corrected chi connectivity index (χ3v) is 4.14. The molecule has 0 aliphatic heterocycles. The molecule has 1 atom stereocenters. The molecule has 0 saturated carbocycles. The Labute approximate surface area is 118 Å². The van der Waals surface area contributed by atoms with Gasteiger partial charge in [0, 0.05) is 20.0 Å². The predicted molar refractivity (Wildman–Crippen MR) is 82.0 cm³/mol. The Morgan fingerprint density at radius 2 is 2.21 bits per heavy atom. The van der Waals surface area contributed by atoms with E-state index in [2.05, 4.69) is 32.9 Å². The van der Waals surface area contributed by atoms with Gasteiger partial charge < -0.3 is 4.90 Å². The molecule has 2 nitrogen and oxygen atoms in total. The van der Waals surface area contributed by atoms with Gasteiger partial charge in [0.2, 0.25) is 5.91 Å². The second-order valence-electron chi connectivity index (χ2n) is 5.79. The number of carbonyl (C=O) groups is 1. The number of hydrogen-bond acceptors (Lipinski definition) is 1. The summed E-state index contributed by atoms with van der Waals surface area (Å²) in [4.78, 5) is 13.5. The molecule has 0 fully saturated rings. The number of hydrogen-bond donors (Lipinski definition) is 0. The number of unbranched alkanes of at least 4 members (excludes halogenated alkanes) is 1. The Bertz CT molecular complexity index is 354. The number of nitrogens with zero attached hydrogens (tertiary/aromatic N) is 1. The highest BCUT2D eigenvalue weighted by Crippen LogP contribution is 2.28. The van der Waals surface area contributed by atoms with E-state index in [1.807, 2.05) is 4.90 Å². The summed E-state index contributed by atoms with van der Waals surface area (Å²) in [6, 6.07) is 0. The number of rotatable bonds is 6. The molecule has 1 unspecified atom stereocenters. The van der Waals surface area contributed by atoms with Crippen molar-refractivity contribution in [3.63, 3.8) is 0 Å². The molecule has 1 amide bonds. The van der Waals surface area contributed by atoms with Crippen LogP contribution in [0.3, 0.4) is 0 Å². The molecule has 1 aliphatic rings. The molecule has 19 heavy (non-hydrogen) atoms. The maximum atomic E-state index is 11.6. The first-order valence-electron chi connectivity index (χ1n) is 7.62. The first-order chi connectivity index (χ1) is 9.04. The molecule has 0 aromatic heterocycles. The van der Waals surface area contributed by atoms with E-state index in [0.717, 1.165) is 25.9 Å². The van der Waals surface area contributed by atoms with Crippen LogP contribution in [0.5, 0.6) is 0 Å². The van der Waals surface area contributed by atoms with Crippen molar-refractivity contribution >= 4 is 5.91 Å². The largest absolute Gasteiger partial charge is 0.339 e. The summed E-state index contributed by atoms with van der Waals surface area (Å²) in [7, 11) is 0. The van der Waals surface area contributed by atoms with E-state index in [0.29, 0.717) is 5.92 Å². The van der Waals surface area contributed by atoms with Crippen LogP contribution in [0.15, 0.2) is 23.3 Å². The fourth-order valence-electron chi connectivity index (χ4n) is 2.53. The van der Waals surface area contributed by atoms with Crippen molar-refractivity contribution in [2.24, 2.45) is 5.92 Å². The SMILES string of the molecule is CCCCN(CC=C(C)C1CC=C(C)CC1)C(C)=O. The molecule has 0 saturated heterocycles. The molecule has 0 bridgehead atoms. The summed E-state index contributed by atoms with van der Waals surface area (Å²) in [6.07, 6.45) is 10.5. The van der Waals surface area contributed by atoms with E-state index >= 15 is 0 Å². The third-order valence-electron chi connectivity index (χ3n) is 4.14. The van der Waals surface area contributed by atoms with Crippen LogP contribution in [0.4, 0.5) is 0 Å². The summed E-state index contributed by atoms with van der Waals surface area (Å²) < 4.78 is 0. The molecular formula is C17H29NO. The molecular weight excluding hydrogens is 234 g/mol. The average molecular weight is 263 g/mol. The summed E-state index contributed by atoms with van der Waals surface area (Å²) in [5, 5.41) is 0. The molecule has 0 radical (unpaired) electrons. The van der Waals surface area contributed by atoms with Crippen LogP contribution in [-0.2, 0) is 4.79 Å². The monoisotopic (exact) mass is 263 g/mol. The van der Waals surface area contributed by atoms with Gasteiger partial charge in [0.25, 0.3) is 0 Å². The third kappa shape index (κ3) is 5.63. The van der Waals surface area contributed by atoms with Gasteiger partial charge in [0.1, 0.15) is 0 Å². The molecule has 0 aromatic rings. The molecule has 0 N–H and O–H groups in total. The molecule has 0 spiro atoms. The second kappa shape index (κ2) is 8.19. The van der Waals surface area contributed by atoms with E-state index in [1.54, 1.807) is 6.92 Å². The molecule has 1 rings (SSSR count). The van der Waals surface area contributed by atoms with Crippen molar-refractivity contribution in [1.29, 1.82) is 0 Å². The van der Waals surface area contributed by atoms with Gasteiger partial charge in [-0.15, -0.1) is 0 Å². The minimum atomic E-state index is 0.192. The van der Waals surface area contributed by atoms with Gasteiger partial charge in [-0.1, -0.05) is 36.6 Å². The Morgan fingerprint density at radius 1 is 1.47 bits per heavy atom. The fourth-order valence-corrected chi connectivity index (χ4v) is 2.53. The zero-order chi connectivity index (χ0) is 14.3. The maximum Gasteiger partial charge on any atom is 0.219 e. The van der Waals surface area contributed by atoms with Gasteiger partial charge in [-0.3, -0.25) is 4.79 Å². The standard InChI is InChI=1S/C17H29NO/c1-5-6-12-18(16(4)19)13-11-15(3)17-9-7-14(2)8-10-17/h7,11,17H,5-6,8-10,12-13H2,1-4H3. The van der Waals surface area contributed by atoms with E-state index in [-0.39, 0.29) is 5.91 Å². The van der Waals surface area contributed by atoms with Crippen LogP contribution in [-0.4, -0.2) is 23.9 Å². The molecule has 0 aromatic carbocycles. The lowest BCUT2D eigenvalue weighted by atomic mass is 9.85. The Kier molecular flexibility index (Phi) is 6.90. The second-order valence-corrected chi connectivity index (χ2v) is 5.79. The lowest BCUT2D eigenvalue weighted by molar-refractivity contribution is -0.128. The van der Waals surface area contributed by atoms with Crippen molar-refractivity contribution in [3.8, 4) is 0 Å². The summed E-state index contributed by atoms with van der Waals surface area (Å²) in [5.74, 6) is 0.876.